The van der Waals surface area contributed by atoms with Crippen LogP contribution in [-0.4, -0.2) is 17.0 Å². The molecule has 92 valence electrons. The van der Waals surface area contributed by atoms with Gasteiger partial charge in [0.25, 0.3) is 0 Å². The van der Waals surface area contributed by atoms with E-state index in [9.17, 15) is 9.59 Å². The summed E-state index contributed by atoms with van der Waals surface area (Å²) in [5.41, 5.74) is 0.642. The number of carboxylic acids is 1. The summed E-state index contributed by atoms with van der Waals surface area (Å²) >= 11 is 3.21. The lowest BCUT2D eigenvalue weighted by Crippen LogP contribution is -2.11. The summed E-state index contributed by atoms with van der Waals surface area (Å²) in [6.07, 6.45) is 2.23. The Bertz CT molecular complexity index is 432. The molecule has 1 aromatic rings. The number of nitrogens with one attached hydrogen (secondary N) is 1. The van der Waals surface area contributed by atoms with Crippen molar-refractivity contribution in [2.24, 2.45) is 0 Å². The molecule has 4 nitrogen and oxygen atoms in total. The Morgan fingerprint density at radius 3 is 2.65 bits per heavy atom. The van der Waals surface area contributed by atoms with Gasteiger partial charge in [0, 0.05) is 16.6 Å². The van der Waals surface area contributed by atoms with E-state index in [0.717, 1.165) is 12.8 Å². The van der Waals surface area contributed by atoms with Gasteiger partial charge in [0.15, 0.2) is 0 Å². The third kappa shape index (κ3) is 4.56. The van der Waals surface area contributed by atoms with Crippen molar-refractivity contribution in [3.8, 4) is 0 Å². The third-order valence-electron chi connectivity index (χ3n) is 2.19. The van der Waals surface area contributed by atoms with Crippen LogP contribution < -0.4 is 5.32 Å². The van der Waals surface area contributed by atoms with E-state index in [0.29, 0.717) is 16.6 Å². The van der Waals surface area contributed by atoms with Crippen LogP contribution in [0.25, 0.3) is 0 Å². The van der Waals surface area contributed by atoms with E-state index in [1.165, 1.54) is 12.1 Å². The van der Waals surface area contributed by atoms with E-state index in [1.807, 2.05) is 6.92 Å². The first-order valence-corrected chi connectivity index (χ1v) is 6.16. The van der Waals surface area contributed by atoms with E-state index in [-0.39, 0.29) is 11.5 Å². The minimum atomic E-state index is -1.02. The molecule has 0 fully saturated rings. The highest BCUT2D eigenvalue weighted by Gasteiger charge is 2.08. The maximum absolute atomic E-state index is 11.5. The van der Waals surface area contributed by atoms with Gasteiger partial charge >= 0.3 is 5.97 Å². The Morgan fingerprint density at radius 2 is 2.06 bits per heavy atom. The molecule has 1 aromatic carbocycles. The lowest BCUT2D eigenvalue weighted by atomic mass is 10.2. The first-order valence-electron chi connectivity index (χ1n) is 5.36. The lowest BCUT2D eigenvalue weighted by molar-refractivity contribution is -0.116. The normalized spacial score (nSPS) is 10.0. The van der Waals surface area contributed by atoms with Gasteiger partial charge in [0.05, 0.1) is 5.56 Å². The second-order valence-corrected chi connectivity index (χ2v) is 4.60. The number of aromatic carboxylic acids is 1. The Hall–Kier alpha value is -1.36. The van der Waals surface area contributed by atoms with E-state index in [2.05, 4.69) is 21.2 Å². The van der Waals surface area contributed by atoms with Gasteiger partial charge in [-0.05, 0) is 24.6 Å². The molecule has 0 spiro atoms. The van der Waals surface area contributed by atoms with Crippen LogP contribution in [-0.2, 0) is 4.79 Å². The molecule has 0 bridgehead atoms. The zero-order valence-electron chi connectivity index (χ0n) is 9.50. The molecule has 17 heavy (non-hydrogen) atoms. The molecule has 0 radical (unpaired) electrons. The van der Waals surface area contributed by atoms with Crippen molar-refractivity contribution < 1.29 is 14.7 Å². The zero-order chi connectivity index (χ0) is 12.8. The van der Waals surface area contributed by atoms with E-state index < -0.39 is 5.97 Å². The first-order chi connectivity index (χ1) is 8.02. The quantitative estimate of drug-likeness (QED) is 0.877. The highest BCUT2D eigenvalue weighted by atomic mass is 79.9. The fraction of sp³-hybridized carbons (Fsp3) is 0.333. The lowest BCUT2D eigenvalue weighted by Gasteiger charge is -2.06. The van der Waals surface area contributed by atoms with Crippen molar-refractivity contribution >= 4 is 33.5 Å². The molecule has 5 heteroatoms. The highest BCUT2D eigenvalue weighted by molar-refractivity contribution is 9.10. The summed E-state index contributed by atoms with van der Waals surface area (Å²) in [5.74, 6) is -1.11. The molecule has 0 aliphatic carbocycles. The summed E-state index contributed by atoms with van der Waals surface area (Å²) in [4.78, 5) is 22.3. The van der Waals surface area contributed by atoms with Gasteiger partial charge in [0.2, 0.25) is 5.91 Å². The molecule has 0 aliphatic rings. The zero-order valence-corrected chi connectivity index (χ0v) is 11.1. The number of carbonyl (C=O) groups is 2. The molecular weight excluding hydrogens is 286 g/mol. The van der Waals surface area contributed by atoms with Crippen molar-refractivity contribution in [3.05, 3.63) is 28.2 Å². The average molecular weight is 300 g/mol. The summed E-state index contributed by atoms with van der Waals surface area (Å²) < 4.78 is 0.628. The van der Waals surface area contributed by atoms with Crippen molar-refractivity contribution in [2.45, 2.75) is 26.2 Å². The fourth-order valence-corrected chi connectivity index (χ4v) is 1.84. The number of halogens is 1. The fourth-order valence-electron chi connectivity index (χ4n) is 1.35. The third-order valence-corrected chi connectivity index (χ3v) is 2.64. The van der Waals surface area contributed by atoms with E-state index in [1.54, 1.807) is 6.07 Å². The predicted molar refractivity (Wildman–Crippen MR) is 69.3 cm³/mol. The molecule has 1 rings (SSSR count). The van der Waals surface area contributed by atoms with Gasteiger partial charge in [-0.3, -0.25) is 4.79 Å². The van der Waals surface area contributed by atoms with Crippen LogP contribution in [0, 0.1) is 0 Å². The number of hydrogen-bond donors (Lipinski definition) is 2. The van der Waals surface area contributed by atoms with Crippen molar-refractivity contribution in [2.75, 3.05) is 5.32 Å². The number of carboxylic acid groups (broad SMARTS) is 1. The summed E-state index contributed by atoms with van der Waals surface area (Å²) in [5, 5.41) is 11.6. The Kier molecular flexibility index (Phi) is 5.15. The maximum atomic E-state index is 11.5. The van der Waals surface area contributed by atoms with Gasteiger partial charge in [-0.2, -0.15) is 0 Å². The van der Waals surface area contributed by atoms with Gasteiger partial charge in [-0.1, -0.05) is 29.3 Å². The highest BCUT2D eigenvalue weighted by Crippen LogP contribution is 2.20. The van der Waals surface area contributed by atoms with Crippen molar-refractivity contribution in [1.82, 2.24) is 0 Å². The standard InChI is InChI=1S/C12H14BrNO3/c1-2-3-4-11(15)14-10-6-8(12(16)17)5-9(13)7-10/h5-7H,2-4H2,1H3,(H,14,15)(H,16,17). The number of rotatable bonds is 5. The number of benzene rings is 1. The topological polar surface area (TPSA) is 66.4 Å². The van der Waals surface area contributed by atoms with Gasteiger partial charge in [-0.15, -0.1) is 0 Å². The van der Waals surface area contributed by atoms with Crippen LogP contribution >= 0.6 is 15.9 Å². The van der Waals surface area contributed by atoms with Gasteiger partial charge < -0.3 is 10.4 Å². The number of unbranched alkanes of at least 4 members (excludes halogenated alkanes) is 1. The maximum Gasteiger partial charge on any atom is 0.335 e. The molecule has 0 atom stereocenters. The largest absolute Gasteiger partial charge is 0.478 e. The van der Waals surface area contributed by atoms with Crippen molar-refractivity contribution in [3.63, 3.8) is 0 Å². The Balaban J connectivity index is 2.77. The van der Waals surface area contributed by atoms with Crippen LogP contribution in [0.3, 0.4) is 0 Å². The van der Waals surface area contributed by atoms with Gasteiger partial charge in [0.1, 0.15) is 0 Å². The van der Waals surface area contributed by atoms with Crippen LogP contribution in [0.5, 0.6) is 0 Å². The Morgan fingerprint density at radius 1 is 1.35 bits per heavy atom. The average Bonchev–Trinajstić information content (AvgIpc) is 2.25. The molecule has 0 saturated heterocycles. The van der Waals surface area contributed by atoms with E-state index >= 15 is 0 Å². The number of carbonyl (C=O) groups excluding carboxylic acids is 1. The number of hydrogen-bond acceptors (Lipinski definition) is 2. The van der Waals surface area contributed by atoms with Crippen LogP contribution in [0.15, 0.2) is 22.7 Å². The summed E-state index contributed by atoms with van der Waals surface area (Å²) in [6, 6.07) is 4.61. The summed E-state index contributed by atoms with van der Waals surface area (Å²) in [6.45, 7) is 2.01. The second kappa shape index (κ2) is 6.39. The molecule has 0 aromatic heterocycles. The monoisotopic (exact) mass is 299 g/mol. The van der Waals surface area contributed by atoms with Crippen LogP contribution in [0.1, 0.15) is 36.5 Å². The molecule has 2 N–H and O–H groups in total. The van der Waals surface area contributed by atoms with Crippen LogP contribution in [0.2, 0.25) is 0 Å². The molecule has 0 unspecified atom stereocenters. The number of amides is 1. The minimum Gasteiger partial charge on any atom is -0.478 e. The SMILES string of the molecule is CCCCC(=O)Nc1cc(Br)cc(C(=O)O)c1. The number of anilines is 1. The molecule has 1 amide bonds. The molecule has 0 heterocycles. The second-order valence-electron chi connectivity index (χ2n) is 3.69. The van der Waals surface area contributed by atoms with Crippen molar-refractivity contribution in [1.29, 1.82) is 0 Å². The Labute approximate surface area is 108 Å². The first kappa shape index (κ1) is 13.7. The van der Waals surface area contributed by atoms with E-state index in [4.69, 9.17) is 5.11 Å². The molecule has 0 aliphatic heterocycles. The summed E-state index contributed by atoms with van der Waals surface area (Å²) in [7, 11) is 0. The van der Waals surface area contributed by atoms with Gasteiger partial charge in [-0.25, -0.2) is 4.79 Å². The minimum absolute atomic E-state index is 0.0960. The predicted octanol–water partition coefficient (Wildman–Crippen LogP) is 3.28. The smallest absolute Gasteiger partial charge is 0.335 e. The molecular formula is C12H14BrNO3. The molecule has 0 saturated carbocycles. The van der Waals surface area contributed by atoms with Crippen LogP contribution in [0.4, 0.5) is 5.69 Å².